The minimum Gasteiger partial charge on any atom is -0.457 e. The van der Waals surface area contributed by atoms with Crippen molar-refractivity contribution in [2.75, 3.05) is 0 Å². The summed E-state index contributed by atoms with van der Waals surface area (Å²) in [6.07, 6.45) is 0. The van der Waals surface area contributed by atoms with Crippen molar-refractivity contribution in [1.29, 1.82) is 0 Å². The van der Waals surface area contributed by atoms with Crippen LogP contribution in [0.4, 0.5) is 0 Å². The van der Waals surface area contributed by atoms with E-state index in [0.29, 0.717) is 21.2 Å². The Labute approximate surface area is 134 Å². The molecule has 0 radical (unpaired) electrons. The molecule has 0 aliphatic heterocycles. The molecule has 0 unspecified atom stereocenters. The molecular formula is C15H12N2O3S2. The third-order valence-corrected chi connectivity index (χ3v) is 4.39. The number of ether oxygens (including phenoxy) is 1. The average molecular weight is 332 g/mol. The quantitative estimate of drug-likeness (QED) is 0.591. The summed E-state index contributed by atoms with van der Waals surface area (Å²) in [6.45, 7) is 0.229. The average Bonchev–Trinajstić information content (AvgIpc) is 3.03. The molecule has 0 aliphatic rings. The van der Waals surface area contributed by atoms with Gasteiger partial charge in [-0.15, -0.1) is 0 Å². The fourth-order valence-corrected chi connectivity index (χ4v) is 2.89. The van der Waals surface area contributed by atoms with Gasteiger partial charge in [-0.05, 0) is 47.2 Å². The number of carbonyl (C=O) groups excluding carboxylic acids is 1. The Bertz CT molecular complexity index is 955. The lowest BCUT2D eigenvalue weighted by atomic mass is 10.1. The fourth-order valence-electron chi connectivity index (χ4n) is 2.04. The van der Waals surface area contributed by atoms with Crippen LogP contribution in [0.1, 0.15) is 15.9 Å². The van der Waals surface area contributed by atoms with Crippen LogP contribution in [0.15, 0.2) is 39.8 Å². The number of aromatic nitrogens is 2. The van der Waals surface area contributed by atoms with Gasteiger partial charge in [-0.25, -0.2) is 4.79 Å². The first kappa shape index (κ1) is 14.7. The molecule has 112 valence electrons. The van der Waals surface area contributed by atoms with Gasteiger partial charge in [0.15, 0.2) is 4.77 Å². The number of aromatic amines is 1. The highest BCUT2D eigenvalue weighted by Crippen LogP contribution is 2.13. The zero-order valence-electron chi connectivity index (χ0n) is 11.7. The number of benzene rings is 1. The zero-order valence-corrected chi connectivity index (χ0v) is 13.3. The Hall–Kier alpha value is -2.25. The van der Waals surface area contributed by atoms with E-state index in [1.54, 1.807) is 36.6 Å². The first-order valence-corrected chi connectivity index (χ1v) is 7.82. The standard InChI is InChI=1S/C15H12N2O3S2/c1-17-13(18)11-3-2-10(6-12(11)16-15(17)21)14(19)20-7-9-4-5-22-8-9/h2-6,8H,7H2,1H3,(H,16,21). The molecule has 0 bridgehead atoms. The van der Waals surface area contributed by atoms with E-state index >= 15 is 0 Å². The zero-order chi connectivity index (χ0) is 15.7. The summed E-state index contributed by atoms with van der Waals surface area (Å²) in [7, 11) is 1.60. The van der Waals surface area contributed by atoms with E-state index in [0.717, 1.165) is 5.56 Å². The smallest absolute Gasteiger partial charge is 0.338 e. The van der Waals surface area contributed by atoms with Crippen molar-refractivity contribution in [3.8, 4) is 0 Å². The molecule has 0 saturated heterocycles. The van der Waals surface area contributed by atoms with E-state index in [9.17, 15) is 9.59 Å². The summed E-state index contributed by atoms with van der Waals surface area (Å²) in [5.74, 6) is -0.437. The molecule has 0 spiro atoms. The molecule has 5 nitrogen and oxygen atoms in total. The van der Waals surface area contributed by atoms with Gasteiger partial charge in [-0.1, -0.05) is 0 Å². The second-order valence-corrected chi connectivity index (χ2v) is 5.93. The van der Waals surface area contributed by atoms with Gasteiger partial charge in [0.25, 0.3) is 5.56 Å². The van der Waals surface area contributed by atoms with Crippen molar-refractivity contribution < 1.29 is 9.53 Å². The van der Waals surface area contributed by atoms with Crippen LogP contribution in [-0.4, -0.2) is 15.5 Å². The molecular weight excluding hydrogens is 320 g/mol. The second kappa shape index (κ2) is 5.86. The van der Waals surface area contributed by atoms with Gasteiger partial charge in [0, 0.05) is 12.6 Å². The van der Waals surface area contributed by atoms with Gasteiger partial charge in [0.2, 0.25) is 0 Å². The van der Waals surface area contributed by atoms with Crippen LogP contribution >= 0.6 is 23.6 Å². The highest BCUT2D eigenvalue weighted by Gasteiger charge is 2.10. The largest absolute Gasteiger partial charge is 0.457 e. The maximum Gasteiger partial charge on any atom is 0.338 e. The van der Waals surface area contributed by atoms with Crippen LogP contribution in [0.25, 0.3) is 10.9 Å². The number of fused-ring (bicyclic) bond motifs is 1. The van der Waals surface area contributed by atoms with E-state index in [2.05, 4.69) is 4.98 Å². The number of nitrogens with one attached hydrogen (secondary N) is 1. The molecule has 22 heavy (non-hydrogen) atoms. The lowest BCUT2D eigenvalue weighted by Crippen LogP contribution is -2.19. The minimum atomic E-state index is -0.437. The third kappa shape index (κ3) is 2.72. The van der Waals surface area contributed by atoms with Crippen molar-refractivity contribution in [3.63, 3.8) is 0 Å². The van der Waals surface area contributed by atoms with E-state index < -0.39 is 5.97 Å². The molecule has 0 amide bonds. The second-order valence-electron chi connectivity index (χ2n) is 4.76. The lowest BCUT2D eigenvalue weighted by molar-refractivity contribution is 0.0473. The third-order valence-electron chi connectivity index (χ3n) is 3.29. The SMILES string of the molecule is Cn1c(=S)[nH]c2cc(C(=O)OCc3ccsc3)ccc2c1=O. The summed E-state index contributed by atoms with van der Waals surface area (Å²) >= 11 is 6.62. The number of H-pyrrole nitrogens is 1. The summed E-state index contributed by atoms with van der Waals surface area (Å²) in [6, 6.07) is 6.67. The highest BCUT2D eigenvalue weighted by atomic mass is 32.1. The molecule has 0 fully saturated rings. The summed E-state index contributed by atoms with van der Waals surface area (Å²) in [4.78, 5) is 27.1. The van der Waals surface area contributed by atoms with Crippen molar-refractivity contribution >= 4 is 40.4 Å². The van der Waals surface area contributed by atoms with Gasteiger partial charge in [0.1, 0.15) is 6.61 Å². The van der Waals surface area contributed by atoms with Gasteiger partial charge in [0.05, 0.1) is 16.5 Å². The maximum atomic E-state index is 12.1. The van der Waals surface area contributed by atoms with Gasteiger partial charge in [-0.3, -0.25) is 9.36 Å². The van der Waals surface area contributed by atoms with Crippen LogP contribution in [-0.2, 0) is 18.4 Å². The number of nitrogens with zero attached hydrogens (tertiary/aromatic N) is 1. The minimum absolute atomic E-state index is 0.197. The molecule has 0 atom stereocenters. The number of carbonyl (C=O) groups is 1. The van der Waals surface area contributed by atoms with Crippen molar-refractivity contribution in [1.82, 2.24) is 9.55 Å². The Balaban J connectivity index is 1.91. The van der Waals surface area contributed by atoms with E-state index in [1.165, 1.54) is 4.57 Å². The number of rotatable bonds is 3. The first-order valence-electron chi connectivity index (χ1n) is 6.47. The fraction of sp³-hybridized carbons (Fsp3) is 0.133. The van der Waals surface area contributed by atoms with Gasteiger partial charge < -0.3 is 9.72 Å². The van der Waals surface area contributed by atoms with Gasteiger partial charge >= 0.3 is 5.97 Å². The van der Waals surface area contributed by atoms with Gasteiger partial charge in [-0.2, -0.15) is 11.3 Å². The van der Waals surface area contributed by atoms with Crippen molar-refractivity contribution in [2.45, 2.75) is 6.61 Å². The molecule has 2 heterocycles. The molecule has 3 rings (SSSR count). The monoisotopic (exact) mass is 332 g/mol. The highest BCUT2D eigenvalue weighted by molar-refractivity contribution is 7.71. The summed E-state index contributed by atoms with van der Waals surface area (Å²) in [5, 5.41) is 4.33. The number of hydrogen-bond donors (Lipinski definition) is 1. The van der Waals surface area contributed by atoms with E-state index in [-0.39, 0.29) is 12.2 Å². The van der Waals surface area contributed by atoms with Crippen LogP contribution in [0.2, 0.25) is 0 Å². The number of hydrogen-bond acceptors (Lipinski definition) is 5. The predicted octanol–water partition coefficient (Wildman–Crippen LogP) is 3.01. The number of esters is 1. The van der Waals surface area contributed by atoms with Crippen LogP contribution in [0, 0.1) is 4.77 Å². The Kier molecular flexibility index (Phi) is 3.91. The van der Waals surface area contributed by atoms with Crippen LogP contribution in [0.3, 0.4) is 0 Å². The summed E-state index contributed by atoms with van der Waals surface area (Å²) in [5.41, 5.74) is 1.66. The first-order chi connectivity index (χ1) is 10.6. The molecule has 0 saturated carbocycles. The molecule has 2 aromatic heterocycles. The molecule has 1 aromatic carbocycles. The summed E-state index contributed by atoms with van der Waals surface area (Å²) < 4.78 is 6.91. The Morgan fingerprint density at radius 3 is 2.95 bits per heavy atom. The molecule has 1 N–H and O–H groups in total. The number of thiophene rings is 1. The lowest BCUT2D eigenvalue weighted by Gasteiger charge is -2.06. The maximum absolute atomic E-state index is 12.1. The Morgan fingerprint density at radius 1 is 1.41 bits per heavy atom. The molecule has 0 aliphatic carbocycles. The van der Waals surface area contributed by atoms with Crippen molar-refractivity contribution in [3.05, 3.63) is 61.3 Å². The van der Waals surface area contributed by atoms with E-state index in [1.807, 2.05) is 16.8 Å². The topological polar surface area (TPSA) is 64.1 Å². The van der Waals surface area contributed by atoms with Crippen LogP contribution < -0.4 is 5.56 Å². The van der Waals surface area contributed by atoms with Crippen LogP contribution in [0.5, 0.6) is 0 Å². The van der Waals surface area contributed by atoms with Crippen molar-refractivity contribution in [2.24, 2.45) is 7.05 Å². The predicted molar refractivity (Wildman–Crippen MR) is 87.8 cm³/mol. The van der Waals surface area contributed by atoms with E-state index in [4.69, 9.17) is 17.0 Å². The Morgan fingerprint density at radius 2 is 2.23 bits per heavy atom. The normalized spacial score (nSPS) is 10.8. The molecule has 3 aromatic rings. The molecule has 7 heteroatoms.